The number of rotatable bonds is 8. The lowest BCUT2D eigenvalue weighted by atomic mass is 10.2. The van der Waals surface area contributed by atoms with Gasteiger partial charge in [-0.1, -0.05) is 6.42 Å². The average molecular weight is 2340 g/mol. The van der Waals surface area contributed by atoms with Gasteiger partial charge in [-0.05, 0) is 96.8 Å². The summed E-state index contributed by atoms with van der Waals surface area (Å²) in [5, 5.41) is 11.7. The number of ether oxygens (including phenoxy) is 1. The molecule has 5 saturated heterocycles. The van der Waals surface area contributed by atoms with E-state index in [1.165, 1.54) is 79.7 Å². The Kier molecular flexibility index (Phi) is 39.0. The molecular weight excluding hydrogens is 2260 g/mol. The van der Waals surface area contributed by atoms with Gasteiger partial charge in [0.1, 0.15) is 0 Å². The Balaban J connectivity index is 0.000000219. The van der Waals surface area contributed by atoms with Crippen molar-refractivity contribution < 1.29 is 152 Å². The standard InChI is InChI=1S/C5H10F5N4P3.C5H12F4N5P3.C4H8F5N4OP3.C4H10F4N5P3.C3H7F4N4OP3.C3H12F3N6P3.C2H8F4N5P3.CH4F5N4P3/c6-15(7)11-16(8,9)13-17(10,12-15)14-4-2-1-3-5-14;1-13-4-3-5-14(2)17(13)11-15(6,7)10-16(8,9)12-17;5-15(6)10-16(7,8)12-17(9,11-15)13-1-3-14-4-2-13;1-12-3-4-13(2)16(12)10-14(5,6)9-15(7,8)11-16;1-11-2-3-12-15(11)9-13(4,5)8-14(6,7)10-15;1-7-13(4)10-14(5,8-2)12-15(6,9-3)11-13;1-7-13(5)9-12(3,4)10-14(6,8-2)11-13;1-7-13(6)9-11(2,3)8-12(4,5)10-13/h1-5H2;3-5H2,1-2H3;1-4H2;3-4H2,1-2H3;2-3H2,1H3;7-9H,1-3H3;7-8H,1-2H3;7H,1H3. The maximum atomic E-state index is 14.2. The molecule has 97 heteroatoms. The third-order valence-electron chi connectivity index (χ3n) is 14.8. The number of nitrogens with one attached hydrogen (secondary N) is 6. The first-order valence-corrected chi connectivity index (χ1v) is 68.8. The molecule has 5 fully saturated rings. The number of nitrogens with zero attached hydrogens (tertiary/aromatic N) is 31. The van der Waals surface area contributed by atoms with Crippen LogP contribution in [-0.2, 0) is 9.26 Å². The molecule has 13 rings (SSSR count). The summed E-state index contributed by atoms with van der Waals surface area (Å²) in [4.78, 5) is 0. The largest absolute Gasteiger partial charge is 0.424 e. The van der Waals surface area contributed by atoms with Crippen LogP contribution in [0.3, 0.4) is 0 Å². The maximum absolute atomic E-state index is 14.2. The van der Waals surface area contributed by atoms with Crippen LogP contribution in [0.4, 0.5) is 143 Å². The summed E-state index contributed by atoms with van der Waals surface area (Å²) in [7, 11) is -100. The van der Waals surface area contributed by atoms with Gasteiger partial charge >= 0.3 is 163 Å². The monoisotopic (exact) mass is 2330 g/mol. The summed E-state index contributed by atoms with van der Waals surface area (Å²) in [6.07, 6.45) is 2.73. The Morgan fingerprint density at radius 2 is 0.452 bits per heavy atom. The summed E-state index contributed by atoms with van der Waals surface area (Å²) < 4.78 is 529. The van der Waals surface area contributed by atoms with Crippen LogP contribution in [0.1, 0.15) is 25.7 Å². The predicted octanol–water partition coefficient (Wildman–Crippen LogP) is 37.9. The van der Waals surface area contributed by atoms with E-state index in [2.05, 4.69) is 110 Å². The molecule has 0 bridgehead atoms. The van der Waals surface area contributed by atoms with Gasteiger partial charge in [0.15, 0.2) is 0 Å². The Bertz CT molecular complexity index is 5310. The number of hydrogen-bond acceptors (Lipinski definition) is 39. The van der Waals surface area contributed by atoms with Crippen LogP contribution in [-0.4, -0.2) is 189 Å². The molecular formula is C27H71F34N37O2P24. The molecule has 13 aliphatic rings. The van der Waals surface area contributed by atoms with Crippen LogP contribution >= 0.6 is 186 Å². The fraction of sp³-hybridized carbons (Fsp3) is 1.00. The molecule has 0 saturated carbocycles. The molecule has 13 aliphatic heterocycles. The smallest absolute Gasteiger partial charge is 0.379 e. The number of halogens is 34. The minimum absolute atomic E-state index is 0.0721. The highest BCUT2D eigenvalue weighted by Crippen LogP contribution is 2.89. The lowest BCUT2D eigenvalue weighted by molar-refractivity contribution is 0.0722. The zero-order valence-electron chi connectivity index (χ0n) is 63.6. The molecule has 734 valence electrons. The lowest BCUT2D eigenvalue weighted by Gasteiger charge is -2.41. The molecule has 6 atom stereocenters. The Hall–Kier alpha value is 2.54. The van der Waals surface area contributed by atoms with E-state index >= 15 is 0 Å². The number of piperidine rings is 1. The van der Waals surface area contributed by atoms with E-state index in [1.54, 1.807) is 5.09 Å². The highest BCUT2D eigenvalue weighted by atomic mass is 31.3. The molecule has 0 aromatic carbocycles. The van der Waals surface area contributed by atoms with Crippen LogP contribution < -0.4 is 30.5 Å². The summed E-state index contributed by atoms with van der Waals surface area (Å²) in [5.74, 6) is 0. The topological polar surface area (TPSA) is 410 Å². The third kappa shape index (κ3) is 32.9. The first-order chi connectivity index (χ1) is 55.8. The Morgan fingerprint density at radius 1 is 0.202 bits per heavy atom. The van der Waals surface area contributed by atoms with Crippen LogP contribution in [0.5, 0.6) is 0 Å². The molecule has 6 unspecified atom stereocenters. The number of likely N-dealkylation sites (N-methyl/N-ethyl adjacent to an activating group) is 3. The molecule has 0 aromatic rings. The van der Waals surface area contributed by atoms with Gasteiger partial charge in [-0.25, -0.2) is 63.2 Å². The second kappa shape index (κ2) is 41.9. The van der Waals surface area contributed by atoms with E-state index in [0.717, 1.165) is 43.3 Å². The van der Waals surface area contributed by atoms with E-state index in [9.17, 15) is 143 Å². The number of morpholine rings is 1. The van der Waals surface area contributed by atoms with Crippen molar-refractivity contribution >= 4 is 186 Å². The fourth-order valence-electron chi connectivity index (χ4n) is 9.65. The van der Waals surface area contributed by atoms with Crippen LogP contribution in [0.15, 0.2) is 108 Å². The van der Waals surface area contributed by atoms with Crippen molar-refractivity contribution in [1.82, 2.24) is 63.2 Å². The van der Waals surface area contributed by atoms with Gasteiger partial charge < -0.3 is 9.26 Å². The summed E-state index contributed by atoms with van der Waals surface area (Å²) in [6, 6.07) is 0. The van der Waals surface area contributed by atoms with Crippen LogP contribution in [0.25, 0.3) is 0 Å². The van der Waals surface area contributed by atoms with Crippen molar-refractivity contribution in [1.29, 1.82) is 0 Å². The summed E-state index contributed by atoms with van der Waals surface area (Å²) >= 11 is 0. The second-order valence-corrected chi connectivity index (χ2v) is 71.8. The zero-order valence-corrected chi connectivity index (χ0v) is 85.0. The minimum Gasteiger partial charge on any atom is -0.379 e. The SMILES string of the molecule is CN1CCCN(C)P12=NP(F)(F)=NP(F)(F)=N2.CN1CCN(C)P12=NP(F)(F)=NP(F)(F)=N2.CN1CCOP12=NP(F)(F)=NP(F)(F)=N2.CNP1(F)=NP(F)(F)=NP(F)(F)=N1.CNP1(F)=NP(F)(F)=NP(F)(NC)=N1.CNP1(F)=NP(F)(NC)=NP(F)(NC)=N1.FP1(F)=NP(F)(F)=NP(F)(N2CCCCC2)=N1.FP1(F)=NP(F)(F)=NP(F)(N2CCOCC2)=N1. The molecule has 124 heavy (non-hydrogen) atoms. The van der Waals surface area contributed by atoms with Crippen molar-refractivity contribution in [3.05, 3.63) is 0 Å². The van der Waals surface area contributed by atoms with E-state index in [1.807, 2.05) is 23.7 Å². The average Bonchev–Trinajstić information content (AvgIpc) is 1.55. The van der Waals surface area contributed by atoms with Crippen molar-refractivity contribution in [3.63, 3.8) is 0 Å². The van der Waals surface area contributed by atoms with E-state index < -0.39 is 186 Å². The highest BCUT2D eigenvalue weighted by Gasteiger charge is 2.51. The van der Waals surface area contributed by atoms with Crippen LogP contribution in [0.2, 0.25) is 0 Å². The van der Waals surface area contributed by atoms with Gasteiger partial charge in [0, 0.05) is 58.9 Å². The predicted molar refractivity (Wildman–Crippen MR) is 438 cm³/mol. The molecule has 13 heterocycles. The molecule has 0 amide bonds. The Labute approximate surface area is 688 Å². The molecule has 0 radical (unpaired) electrons. The van der Waals surface area contributed by atoms with E-state index in [-0.39, 0.29) is 52.5 Å². The van der Waals surface area contributed by atoms with Gasteiger partial charge in [-0.2, -0.15) is 69.7 Å². The molecule has 3 spiro atoms. The Morgan fingerprint density at radius 3 is 0.750 bits per heavy atom. The van der Waals surface area contributed by atoms with Crippen molar-refractivity contribution in [2.45, 2.75) is 25.7 Å². The molecule has 39 nitrogen and oxygen atoms in total. The summed E-state index contributed by atoms with van der Waals surface area (Å²) in [6.45, 7) is 2.43. The zero-order chi connectivity index (χ0) is 95.0. The first kappa shape index (κ1) is 115. The summed E-state index contributed by atoms with van der Waals surface area (Å²) in [5.41, 5.74) is 0. The molecule has 0 aromatic heterocycles. The second-order valence-electron chi connectivity index (χ2n) is 23.8. The minimum atomic E-state index is -5.60. The highest BCUT2D eigenvalue weighted by molar-refractivity contribution is 7.84. The van der Waals surface area contributed by atoms with Gasteiger partial charge in [0.05, 0.1) is 19.8 Å². The molecule has 6 N–H and O–H groups in total. The van der Waals surface area contributed by atoms with Gasteiger partial charge in [-0.3, -0.25) is 0 Å². The van der Waals surface area contributed by atoms with Crippen molar-refractivity contribution in [3.8, 4) is 0 Å². The van der Waals surface area contributed by atoms with Crippen molar-refractivity contribution in [2.75, 3.05) is 156 Å². The van der Waals surface area contributed by atoms with Gasteiger partial charge in [0.25, 0.3) is 7.58 Å². The fourth-order valence-corrected chi connectivity index (χ4v) is 64.7. The van der Waals surface area contributed by atoms with Gasteiger partial charge in [0.2, 0.25) is 15.0 Å². The lowest BCUT2D eigenvalue weighted by Crippen LogP contribution is -2.34. The third-order valence-corrected chi connectivity index (χ3v) is 69.6. The van der Waals surface area contributed by atoms with E-state index in [0.29, 0.717) is 39.0 Å². The first-order valence-electron chi connectivity index (χ1n) is 32.2. The van der Waals surface area contributed by atoms with Crippen molar-refractivity contribution in [2.24, 2.45) is 108 Å². The number of hydrogen-bond donors (Lipinski definition) is 6. The normalized spacial score (nSPS) is 36.8. The van der Waals surface area contributed by atoms with E-state index in [4.69, 9.17) is 9.26 Å². The quantitative estimate of drug-likeness (QED) is 0.0971. The van der Waals surface area contributed by atoms with Crippen LogP contribution in [0, 0.1) is 0 Å². The van der Waals surface area contributed by atoms with Gasteiger partial charge in [-0.15, -0.1) is 181 Å². The maximum Gasteiger partial charge on any atom is 0.424 e. The molecule has 0 aliphatic carbocycles.